The summed E-state index contributed by atoms with van der Waals surface area (Å²) >= 11 is 0. The van der Waals surface area contributed by atoms with Crippen LogP contribution in [0.25, 0.3) is 0 Å². The zero-order valence-electron chi connectivity index (χ0n) is 18.7. The Balaban J connectivity index is 1.26. The van der Waals surface area contributed by atoms with Crippen LogP contribution in [0.3, 0.4) is 0 Å². The molecule has 0 spiro atoms. The molecule has 2 heterocycles. The number of nitrogens with zero attached hydrogens (tertiary/aromatic N) is 2. The van der Waals surface area contributed by atoms with Gasteiger partial charge in [-0.3, -0.25) is 9.59 Å². The summed E-state index contributed by atoms with van der Waals surface area (Å²) < 4.78 is 10.9. The molecule has 6 nitrogen and oxygen atoms in total. The molecular weight excluding hydrogens is 404 g/mol. The van der Waals surface area contributed by atoms with Gasteiger partial charge in [0, 0.05) is 32.1 Å². The number of likely N-dealkylation sites (tertiary alicyclic amines) is 2. The maximum absolute atomic E-state index is 13.2. The Morgan fingerprint density at radius 3 is 2.44 bits per heavy atom. The Morgan fingerprint density at radius 1 is 0.906 bits per heavy atom. The molecule has 6 heteroatoms. The minimum atomic E-state index is -0.0997. The fraction of sp³-hybridized carbons (Fsp3) is 0.462. The average molecular weight is 437 g/mol. The summed E-state index contributed by atoms with van der Waals surface area (Å²) in [5, 5.41) is 0. The summed E-state index contributed by atoms with van der Waals surface area (Å²) in [5.74, 6) is 2.14. The second-order valence-electron chi connectivity index (χ2n) is 8.63. The fourth-order valence-corrected chi connectivity index (χ4v) is 4.70. The van der Waals surface area contributed by atoms with E-state index in [1.54, 1.807) is 7.11 Å². The molecule has 0 aromatic heterocycles. The normalized spacial score (nSPS) is 20.8. The Hall–Kier alpha value is -3.02. The summed E-state index contributed by atoms with van der Waals surface area (Å²) in [7, 11) is 1.67. The number of hydrogen-bond acceptors (Lipinski definition) is 4. The molecule has 2 amide bonds. The van der Waals surface area contributed by atoms with Crippen molar-refractivity contribution in [3.63, 3.8) is 0 Å². The zero-order chi connectivity index (χ0) is 22.3. The molecule has 2 aliphatic heterocycles. The number of rotatable bonds is 7. The third-order valence-corrected chi connectivity index (χ3v) is 6.54. The number of hydrogen-bond donors (Lipinski definition) is 0. The third-order valence-electron chi connectivity index (χ3n) is 6.54. The van der Waals surface area contributed by atoms with E-state index in [-0.39, 0.29) is 17.7 Å². The van der Waals surface area contributed by atoms with Crippen molar-refractivity contribution in [2.24, 2.45) is 5.92 Å². The van der Waals surface area contributed by atoms with Crippen molar-refractivity contribution in [3.8, 4) is 11.5 Å². The highest BCUT2D eigenvalue weighted by atomic mass is 16.5. The van der Waals surface area contributed by atoms with Gasteiger partial charge >= 0.3 is 0 Å². The lowest BCUT2D eigenvalue weighted by Crippen LogP contribution is -2.46. The Morgan fingerprint density at radius 2 is 1.69 bits per heavy atom. The monoisotopic (exact) mass is 436 g/mol. The SMILES string of the molecule is COc1ccc(C2CCN(C(=O)C3CCCN(C(=O)CCOc4ccccc4)C3)C2)cc1. The predicted octanol–water partition coefficient (Wildman–Crippen LogP) is 3.72. The van der Waals surface area contributed by atoms with Crippen LogP contribution in [-0.4, -0.2) is 61.5 Å². The third kappa shape index (κ3) is 5.42. The van der Waals surface area contributed by atoms with Crippen molar-refractivity contribution in [1.29, 1.82) is 0 Å². The first kappa shape index (κ1) is 22.2. The van der Waals surface area contributed by atoms with Gasteiger partial charge in [0.2, 0.25) is 11.8 Å². The van der Waals surface area contributed by atoms with Crippen molar-refractivity contribution in [1.82, 2.24) is 9.80 Å². The van der Waals surface area contributed by atoms with Crippen molar-refractivity contribution < 1.29 is 19.1 Å². The Labute approximate surface area is 190 Å². The standard InChI is InChI=1S/C26H32N2O4/c1-31-23-11-9-20(10-12-23)21-13-16-28(18-21)26(30)22-6-5-15-27(19-22)25(29)14-17-32-24-7-3-2-4-8-24/h2-4,7-12,21-22H,5-6,13-19H2,1H3. The van der Waals surface area contributed by atoms with E-state index in [4.69, 9.17) is 9.47 Å². The van der Waals surface area contributed by atoms with Gasteiger partial charge in [-0.2, -0.15) is 0 Å². The number of piperidine rings is 1. The van der Waals surface area contributed by atoms with E-state index in [2.05, 4.69) is 12.1 Å². The van der Waals surface area contributed by atoms with Crippen LogP contribution >= 0.6 is 0 Å². The maximum atomic E-state index is 13.2. The molecule has 0 N–H and O–H groups in total. The highest BCUT2D eigenvalue weighted by Gasteiger charge is 2.34. The molecule has 2 unspecified atom stereocenters. The van der Waals surface area contributed by atoms with E-state index in [1.807, 2.05) is 52.3 Å². The lowest BCUT2D eigenvalue weighted by Gasteiger charge is -2.34. The Bertz CT molecular complexity index is 900. The number of methoxy groups -OCH3 is 1. The number of carbonyl (C=O) groups is 2. The molecule has 2 aromatic rings. The largest absolute Gasteiger partial charge is 0.497 e. The van der Waals surface area contributed by atoms with Gasteiger partial charge in [0.25, 0.3) is 0 Å². The van der Waals surface area contributed by atoms with Crippen LogP contribution in [0, 0.1) is 5.92 Å². The molecule has 32 heavy (non-hydrogen) atoms. The zero-order valence-corrected chi connectivity index (χ0v) is 18.7. The van der Waals surface area contributed by atoms with Gasteiger partial charge in [0.15, 0.2) is 0 Å². The highest BCUT2D eigenvalue weighted by molar-refractivity contribution is 5.81. The molecular formula is C26H32N2O4. The molecule has 2 atom stereocenters. The van der Waals surface area contributed by atoms with Crippen LogP contribution in [0.2, 0.25) is 0 Å². The van der Waals surface area contributed by atoms with E-state index in [0.29, 0.717) is 25.5 Å². The van der Waals surface area contributed by atoms with E-state index in [1.165, 1.54) is 5.56 Å². The van der Waals surface area contributed by atoms with Gasteiger partial charge in [-0.1, -0.05) is 30.3 Å². The Kier molecular flexibility index (Phi) is 7.30. The van der Waals surface area contributed by atoms with Crippen molar-refractivity contribution in [3.05, 3.63) is 60.2 Å². The van der Waals surface area contributed by atoms with E-state index in [0.717, 1.165) is 50.4 Å². The van der Waals surface area contributed by atoms with Gasteiger partial charge < -0.3 is 19.3 Å². The molecule has 170 valence electrons. The lowest BCUT2D eigenvalue weighted by atomic mass is 9.96. The number of ether oxygens (including phenoxy) is 2. The first-order valence-electron chi connectivity index (χ1n) is 11.5. The van der Waals surface area contributed by atoms with Crippen LogP contribution in [0.4, 0.5) is 0 Å². The minimum Gasteiger partial charge on any atom is -0.497 e. The number of para-hydroxylation sites is 1. The second-order valence-corrected chi connectivity index (χ2v) is 8.63. The highest BCUT2D eigenvalue weighted by Crippen LogP contribution is 2.30. The number of carbonyl (C=O) groups excluding carboxylic acids is 2. The maximum Gasteiger partial charge on any atom is 0.227 e. The van der Waals surface area contributed by atoms with Crippen molar-refractivity contribution in [2.45, 2.75) is 31.6 Å². The lowest BCUT2D eigenvalue weighted by molar-refractivity contribution is -0.140. The first-order chi connectivity index (χ1) is 15.6. The molecule has 2 aromatic carbocycles. The van der Waals surface area contributed by atoms with Gasteiger partial charge in [-0.15, -0.1) is 0 Å². The van der Waals surface area contributed by atoms with Crippen molar-refractivity contribution >= 4 is 11.8 Å². The van der Waals surface area contributed by atoms with E-state index < -0.39 is 0 Å². The van der Waals surface area contributed by atoms with Crippen molar-refractivity contribution in [2.75, 3.05) is 39.9 Å². The van der Waals surface area contributed by atoms with Crippen LogP contribution < -0.4 is 9.47 Å². The molecule has 4 rings (SSSR count). The first-order valence-corrected chi connectivity index (χ1v) is 11.5. The molecule has 0 aliphatic carbocycles. The number of benzene rings is 2. The molecule has 2 aliphatic rings. The summed E-state index contributed by atoms with van der Waals surface area (Å²) in [5.41, 5.74) is 1.25. The molecule has 0 saturated carbocycles. The summed E-state index contributed by atoms with van der Waals surface area (Å²) in [4.78, 5) is 29.7. The van der Waals surface area contributed by atoms with Gasteiger partial charge in [0.05, 0.1) is 26.1 Å². The van der Waals surface area contributed by atoms with E-state index >= 15 is 0 Å². The minimum absolute atomic E-state index is 0.0657. The predicted molar refractivity (Wildman–Crippen MR) is 123 cm³/mol. The summed E-state index contributed by atoms with van der Waals surface area (Å²) in [6.07, 6.45) is 3.04. The van der Waals surface area contributed by atoms with Crippen LogP contribution in [0.15, 0.2) is 54.6 Å². The summed E-state index contributed by atoms with van der Waals surface area (Å²) in [6.45, 7) is 3.13. The number of amides is 2. The van der Waals surface area contributed by atoms with Gasteiger partial charge in [-0.25, -0.2) is 0 Å². The van der Waals surface area contributed by atoms with Crippen LogP contribution in [0.5, 0.6) is 11.5 Å². The second kappa shape index (κ2) is 10.5. The fourth-order valence-electron chi connectivity index (χ4n) is 4.70. The smallest absolute Gasteiger partial charge is 0.227 e. The van der Waals surface area contributed by atoms with Gasteiger partial charge in [-0.05, 0) is 49.1 Å². The molecule has 2 fully saturated rings. The quantitative estimate of drug-likeness (QED) is 0.664. The molecule has 0 bridgehead atoms. The van der Waals surface area contributed by atoms with Crippen LogP contribution in [-0.2, 0) is 9.59 Å². The summed E-state index contributed by atoms with van der Waals surface area (Å²) in [6, 6.07) is 17.7. The average Bonchev–Trinajstić information content (AvgIpc) is 3.34. The van der Waals surface area contributed by atoms with Crippen LogP contribution in [0.1, 0.15) is 37.2 Å². The van der Waals surface area contributed by atoms with E-state index in [9.17, 15) is 9.59 Å². The molecule has 2 saturated heterocycles. The topological polar surface area (TPSA) is 59.1 Å². The molecule has 0 radical (unpaired) electrons. The van der Waals surface area contributed by atoms with Gasteiger partial charge in [0.1, 0.15) is 11.5 Å².